The number of nitrogens with one attached hydrogen (secondary N) is 4. The predicted octanol–water partition coefficient (Wildman–Crippen LogP) is 7.91. The van der Waals surface area contributed by atoms with E-state index in [1.165, 1.54) is 54.1 Å². The van der Waals surface area contributed by atoms with E-state index < -0.39 is 17.6 Å². The largest absolute Gasteiger partial charge is 0.394 e. The van der Waals surface area contributed by atoms with Crippen LogP contribution in [0.1, 0.15) is 133 Å². The number of carbonyl (C=O) groups is 2. The van der Waals surface area contributed by atoms with Crippen LogP contribution in [-0.4, -0.2) is 50.0 Å². The van der Waals surface area contributed by atoms with Gasteiger partial charge in [-0.25, -0.2) is 4.98 Å². The average molecular weight is 662 g/mol. The molecule has 0 spiro atoms. The van der Waals surface area contributed by atoms with Gasteiger partial charge in [-0.05, 0) is 95.6 Å². The molecule has 9 nitrogen and oxygen atoms in total. The normalized spacial score (nSPS) is 20.4. The van der Waals surface area contributed by atoms with Crippen LogP contribution in [0, 0.1) is 29.6 Å². The molecule has 3 heterocycles. The summed E-state index contributed by atoms with van der Waals surface area (Å²) in [4.78, 5) is 30.0. The van der Waals surface area contributed by atoms with Gasteiger partial charge in [0.25, 0.3) is 5.91 Å². The number of alkyl halides is 3. The Labute approximate surface area is 277 Å². The molecule has 2 saturated carbocycles. The Morgan fingerprint density at radius 2 is 1.87 bits per heavy atom. The monoisotopic (exact) mass is 661 g/mol. The number of hydrogen-bond donors (Lipinski definition) is 4. The fourth-order valence-corrected chi connectivity index (χ4v) is 6.41. The van der Waals surface area contributed by atoms with Gasteiger partial charge >= 0.3 is 6.18 Å². The molecule has 1 aliphatic heterocycles. The van der Waals surface area contributed by atoms with Gasteiger partial charge in [0.05, 0.1) is 23.3 Å². The molecule has 2 unspecified atom stereocenters. The lowest BCUT2D eigenvalue weighted by atomic mass is 9.80. The fourth-order valence-electron chi connectivity index (χ4n) is 6.41. The molecule has 4 N–H and O–H groups in total. The maximum Gasteiger partial charge on any atom is 0.394 e. The van der Waals surface area contributed by atoms with Crippen molar-refractivity contribution in [1.29, 1.82) is 5.41 Å². The Morgan fingerprint density at radius 1 is 1.19 bits per heavy atom. The quantitative estimate of drug-likeness (QED) is 0.204. The van der Waals surface area contributed by atoms with Gasteiger partial charge in [-0.3, -0.25) is 14.3 Å². The van der Waals surface area contributed by atoms with Crippen LogP contribution in [0.2, 0.25) is 0 Å². The van der Waals surface area contributed by atoms with Crippen LogP contribution in [-0.2, 0) is 11.8 Å². The molecule has 47 heavy (non-hydrogen) atoms. The number of piperidine rings is 1. The Morgan fingerprint density at radius 3 is 2.32 bits per heavy atom. The Kier molecular flexibility index (Phi) is 13.8. The van der Waals surface area contributed by atoms with Gasteiger partial charge in [-0.15, -0.1) is 0 Å². The van der Waals surface area contributed by atoms with Gasteiger partial charge in [0.15, 0.2) is 0 Å². The molecular weight excluding hydrogens is 607 g/mol. The summed E-state index contributed by atoms with van der Waals surface area (Å²) in [6.07, 6.45) is 8.93. The van der Waals surface area contributed by atoms with Crippen molar-refractivity contribution in [3.05, 3.63) is 46.8 Å². The number of aromatic amines is 1. The molecule has 2 atom stereocenters. The number of H-pyrrole nitrogens is 1. The van der Waals surface area contributed by atoms with Gasteiger partial charge in [0.1, 0.15) is 11.5 Å². The molecule has 0 radical (unpaired) electrons. The molecule has 2 aliphatic carbocycles. The van der Waals surface area contributed by atoms with Crippen LogP contribution in [0.15, 0.2) is 29.6 Å². The summed E-state index contributed by atoms with van der Waals surface area (Å²) in [6, 6.07) is 0.992. The standard InChI is InChI=1S/C16H20F3N5O.C13H23N.C6H11NO/c1-10-20-9-12(22-10)11(3-5-15(6-7-15)16(17,18)19)23-14(25)13-4-8-21-24(13)2;1-4-10(2)13(11(3)14)12-8-6-5-7-9-12;1-5-2-3-6(8)7-4-5/h4,8-9,11H,3,5-7H2,1-2H3,(H,20,22)(H,23,25);12,14H,4-9H2,1-3H3;5H,2-4H2,1H3,(H,7,8). The number of aromatic nitrogens is 4. The molecule has 12 heteroatoms. The molecule has 262 valence electrons. The van der Waals surface area contributed by atoms with E-state index in [0.29, 0.717) is 29.0 Å². The second-order valence-electron chi connectivity index (χ2n) is 13.6. The third kappa shape index (κ3) is 11.1. The van der Waals surface area contributed by atoms with Crippen LogP contribution in [0.5, 0.6) is 0 Å². The maximum atomic E-state index is 13.2. The minimum atomic E-state index is -4.20. The smallest absolute Gasteiger partial charge is 0.356 e. The van der Waals surface area contributed by atoms with Crippen molar-refractivity contribution >= 4 is 17.5 Å². The highest BCUT2D eigenvalue weighted by Gasteiger charge is 2.62. The first-order valence-corrected chi connectivity index (χ1v) is 17.1. The summed E-state index contributed by atoms with van der Waals surface area (Å²) in [6.45, 7) is 11.1. The van der Waals surface area contributed by atoms with Crippen molar-refractivity contribution in [2.24, 2.45) is 24.3 Å². The second kappa shape index (κ2) is 17.1. The zero-order chi connectivity index (χ0) is 34.8. The number of amides is 2. The number of halogens is 3. The van der Waals surface area contributed by atoms with Gasteiger partial charge in [-0.1, -0.05) is 38.7 Å². The molecule has 2 amide bonds. The van der Waals surface area contributed by atoms with E-state index in [9.17, 15) is 22.8 Å². The first-order valence-electron chi connectivity index (χ1n) is 17.1. The maximum absolute atomic E-state index is 13.2. The van der Waals surface area contributed by atoms with Gasteiger partial charge < -0.3 is 21.0 Å². The van der Waals surface area contributed by atoms with Gasteiger partial charge in [0.2, 0.25) is 5.91 Å². The van der Waals surface area contributed by atoms with Gasteiger partial charge in [0, 0.05) is 31.9 Å². The average Bonchev–Trinajstić information content (AvgIpc) is 3.53. The minimum Gasteiger partial charge on any atom is -0.356 e. The summed E-state index contributed by atoms with van der Waals surface area (Å²) >= 11 is 0. The highest BCUT2D eigenvalue weighted by atomic mass is 19.4. The second-order valence-corrected chi connectivity index (χ2v) is 13.6. The molecule has 3 aliphatic rings. The zero-order valence-electron chi connectivity index (χ0n) is 28.9. The van der Waals surface area contributed by atoms with Crippen molar-refractivity contribution in [3.63, 3.8) is 0 Å². The molecule has 0 aromatic carbocycles. The van der Waals surface area contributed by atoms with Crippen molar-refractivity contribution in [1.82, 2.24) is 30.4 Å². The third-order valence-electron chi connectivity index (χ3n) is 9.74. The number of hydrogen-bond acceptors (Lipinski definition) is 5. The van der Waals surface area contributed by atoms with Crippen molar-refractivity contribution in [2.75, 3.05) is 6.54 Å². The molecule has 3 fully saturated rings. The highest BCUT2D eigenvalue weighted by molar-refractivity contribution is 5.96. The number of rotatable bonds is 9. The van der Waals surface area contributed by atoms with Crippen LogP contribution in [0.3, 0.4) is 0 Å². The van der Waals surface area contributed by atoms with E-state index in [1.54, 1.807) is 26.2 Å². The lowest BCUT2D eigenvalue weighted by Gasteiger charge is -2.26. The summed E-state index contributed by atoms with van der Waals surface area (Å²) in [5.41, 5.74) is 2.95. The summed E-state index contributed by atoms with van der Waals surface area (Å²) in [5.74, 6) is 1.86. The lowest BCUT2D eigenvalue weighted by Crippen LogP contribution is -2.33. The topological polar surface area (TPSA) is 129 Å². The van der Waals surface area contributed by atoms with E-state index in [0.717, 1.165) is 31.5 Å². The Hall–Kier alpha value is -3.44. The first kappa shape index (κ1) is 38.0. The van der Waals surface area contributed by atoms with Crippen molar-refractivity contribution < 1.29 is 22.8 Å². The molecule has 1 saturated heterocycles. The fraction of sp³-hybridized carbons (Fsp3) is 0.686. The SMILES string of the molecule is CC1CCC(=O)NC1.CCC(C)=C(C(C)=N)C1CCCCC1.Cc1ncc(C(CCC2(C(F)(F)F)CC2)NC(=O)c2ccnn2C)[nH]1. The lowest BCUT2D eigenvalue weighted by molar-refractivity contribution is -0.189. The van der Waals surface area contributed by atoms with Crippen molar-refractivity contribution in [2.45, 2.75) is 124 Å². The highest BCUT2D eigenvalue weighted by Crippen LogP contribution is 2.61. The van der Waals surface area contributed by atoms with Crippen molar-refractivity contribution in [3.8, 4) is 0 Å². The Bertz CT molecular complexity index is 1360. The number of aryl methyl sites for hydroxylation is 2. The first-order chi connectivity index (χ1) is 22.2. The van der Waals surface area contributed by atoms with E-state index in [2.05, 4.69) is 46.5 Å². The van der Waals surface area contributed by atoms with Gasteiger partial charge in [-0.2, -0.15) is 18.3 Å². The molecule has 2 aromatic rings. The number of allylic oxidation sites excluding steroid dienone is 2. The number of imidazole rings is 1. The van der Waals surface area contributed by atoms with Crippen LogP contribution < -0.4 is 10.6 Å². The number of nitrogens with zero attached hydrogens (tertiary/aromatic N) is 3. The van der Waals surface area contributed by atoms with E-state index in [4.69, 9.17) is 5.41 Å². The molecule has 2 aromatic heterocycles. The molecule has 5 rings (SSSR count). The zero-order valence-corrected chi connectivity index (χ0v) is 28.9. The van der Waals surface area contributed by atoms with E-state index >= 15 is 0 Å². The summed E-state index contributed by atoms with van der Waals surface area (Å²) in [5, 5.41) is 17.4. The molecule has 0 bridgehead atoms. The Balaban J connectivity index is 0.000000227. The third-order valence-corrected chi connectivity index (χ3v) is 9.74. The van der Waals surface area contributed by atoms with E-state index in [-0.39, 0.29) is 37.5 Å². The summed E-state index contributed by atoms with van der Waals surface area (Å²) in [7, 11) is 1.63. The summed E-state index contributed by atoms with van der Waals surface area (Å²) < 4.78 is 40.9. The van der Waals surface area contributed by atoms with Crippen LogP contribution in [0.25, 0.3) is 0 Å². The predicted molar refractivity (Wildman–Crippen MR) is 178 cm³/mol. The van der Waals surface area contributed by atoms with E-state index in [1.807, 2.05) is 6.92 Å². The number of carbonyl (C=O) groups excluding carboxylic acids is 2. The molecular formula is C35H54F3N7O2. The van der Waals surface area contributed by atoms with Crippen LogP contribution in [0.4, 0.5) is 13.2 Å². The van der Waals surface area contributed by atoms with Crippen LogP contribution >= 0.6 is 0 Å². The minimum absolute atomic E-state index is 0.0229.